The minimum absolute atomic E-state index is 0.0210. The van der Waals surface area contributed by atoms with Gasteiger partial charge in [-0.15, -0.1) is 0 Å². The van der Waals surface area contributed by atoms with E-state index in [1.165, 1.54) is 4.90 Å². The molecule has 0 saturated carbocycles. The summed E-state index contributed by atoms with van der Waals surface area (Å²) in [5, 5.41) is 2.90. The average molecular weight is 318 g/mol. The molecule has 0 spiro atoms. The van der Waals surface area contributed by atoms with Crippen molar-refractivity contribution in [2.45, 2.75) is 52.5 Å². The highest BCUT2D eigenvalue weighted by atomic mass is 16.5. The first-order valence-electron chi connectivity index (χ1n) is 8.09. The van der Waals surface area contributed by atoms with Crippen molar-refractivity contribution < 1.29 is 14.3 Å². The van der Waals surface area contributed by atoms with E-state index in [0.717, 1.165) is 12.0 Å². The number of hydrogen-bond donors (Lipinski definition) is 1. The van der Waals surface area contributed by atoms with Crippen molar-refractivity contribution in [3.05, 3.63) is 23.8 Å². The highest BCUT2D eigenvalue weighted by Gasteiger charge is 2.29. The Morgan fingerprint density at radius 1 is 1.39 bits per heavy atom. The number of amides is 2. The zero-order chi connectivity index (χ0) is 17.2. The molecular weight excluding hydrogens is 292 g/mol. The van der Waals surface area contributed by atoms with E-state index in [1.807, 2.05) is 32.0 Å². The fourth-order valence-corrected chi connectivity index (χ4v) is 2.41. The van der Waals surface area contributed by atoms with Crippen LogP contribution in [-0.4, -0.2) is 31.0 Å². The maximum atomic E-state index is 12.2. The second kappa shape index (κ2) is 6.60. The number of rotatable bonds is 4. The number of benzene rings is 1. The summed E-state index contributed by atoms with van der Waals surface area (Å²) in [5.41, 5.74) is 1.73. The fourth-order valence-electron chi connectivity index (χ4n) is 2.41. The minimum atomic E-state index is -0.192. The van der Waals surface area contributed by atoms with E-state index in [1.54, 1.807) is 0 Å². The summed E-state index contributed by atoms with van der Waals surface area (Å²) in [6.07, 6.45) is 0.855. The molecule has 1 aromatic rings. The van der Waals surface area contributed by atoms with Crippen LogP contribution in [0, 0.1) is 0 Å². The third-order valence-electron chi connectivity index (χ3n) is 4.09. The molecule has 23 heavy (non-hydrogen) atoms. The van der Waals surface area contributed by atoms with E-state index in [0.29, 0.717) is 11.4 Å². The van der Waals surface area contributed by atoms with Gasteiger partial charge in [-0.1, -0.05) is 33.8 Å². The standard InChI is InChI=1S/C18H26N2O3/c1-6-12(2)19-16(21)10-20-14-9-13(18(3,4)5)7-8-15(14)23-11-17(20)22/h7-9,12H,6,10-11H2,1-5H3,(H,19,21)/t12-/m1/s1. The van der Waals surface area contributed by atoms with Crippen LogP contribution in [0.2, 0.25) is 0 Å². The van der Waals surface area contributed by atoms with E-state index in [9.17, 15) is 9.59 Å². The van der Waals surface area contributed by atoms with Crippen LogP contribution in [0.3, 0.4) is 0 Å². The molecule has 0 aromatic heterocycles. The number of nitrogens with one attached hydrogen (secondary N) is 1. The Morgan fingerprint density at radius 2 is 2.09 bits per heavy atom. The summed E-state index contributed by atoms with van der Waals surface area (Å²) in [4.78, 5) is 25.9. The molecule has 5 heteroatoms. The van der Waals surface area contributed by atoms with Crippen molar-refractivity contribution in [3.63, 3.8) is 0 Å². The van der Waals surface area contributed by atoms with Crippen LogP contribution in [0.5, 0.6) is 5.75 Å². The first kappa shape index (κ1) is 17.3. The second-order valence-electron chi connectivity index (χ2n) is 7.08. The zero-order valence-electron chi connectivity index (χ0n) is 14.6. The Morgan fingerprint density at radius 3 is 2.70 bits per heavy atom. The Kier molecular flexibility index (Phi) is 4.97. The first-order valence-corrected chi connectivity index (χ1v) is 8.09. The number of nitrogens with zero attached hydrogens (tertiary/aromatic N) is 1. The maximum absolute atomic E-state index is 12.2. The Hall–Kier alpha value is -2.04. The molecule has 1 aliphatic rings. The van der Waals surface area contributed by atoms with Crippen LogP contribution in [0.25, 0.3) is 0 Å². The Balaban J connectivity index is 2.28. The van der Waals surface area contributed by atoms with Crippen molar-refractivity contribution >= 4 is 17.5 Å². The van der Waals surface area contributed by atoms with E-state index in [-0.39, 0.29) is 36.4 Å². The monoisotopic (exact) mass is 318 g/mol. The molecule has 2 rings (SSSR count). The SMILES string of the molecule is CC[C@@H](C)NC(=O)CN1C(=O)COc2ccc(C(C)(C)C)cc21. The number of hydrogen-bond acceptors (Lipinski definition) is 3. The highest BCUT2D eigenvalue weighted by molar-refractivity contribution is 6.02. The fraction of sp³-hybridized carbons (Fsp3) is 0.556. The van der Waals surface area contributed by atoms with E-state index in [4.69, 9.17) is 4.74 Å². The van der Waals surface area contributed by atoms with Gasteiger partial charge in [0.25, 0.3) is 5.91 Å². The lowest BCUT2D eigenvalue weighted by molar-refractivity contribution is -0.125. The lowest BCUT2D eigenvalue weighted by Gasteiger charge is -2.31. The zero-order valence-corrected chi connectivity index (χ0v) is 14.6. The molecule has 0 radical (unpaired) electrons. The first-order chi connectivity index (χ1) is 10.7. The van der Waals surface area contributed by atoms with Gasteiger partial charge >= 0.3 is 0 Å². The molecular formula is C18H26N2O3. The summed E-state index contributed by atoms with van der Waals surface area (Å²) in [6, 6.07) is 5.93. The van der Waals surface area contributed by atoms with Crippen molar-refractivity contribution in [2.75, 3.05) is 18.1 Å². The Labute approximate surface area is 138 Å². The van der Waals surface area contributed by atoms with Crippen molar-refractivity contribution in [1.82, 2.24) is 5.32 Å². The van der Waals surface area contributed by atoms with E-state index < -0.39 is 0 Å². The summed E-state index contributed by atoms with van der Waals surface area (Å²) in [6.45, 7) is 10.3. The normalized spacial score (nSPS) is 15.7. The summed E-state index contributed by atoms with van der Waals surface area (Å²) in [7, 11) is 0. The third kappa shape index (κ3) is 4.03. The van der Waals surface area contributed by atoms with Gasteiger partial charge in [0.05, 0.1) is 5.69 Å². The minimum Gasteiger partial charge on any atom is -0.482 e. The maximum Gasteiger partial charge on any atom is 0.265 e. The summed E-state index contributed by atoms with van der Waals surface area (Å²) >= 11 is 0. The molecule has 1 N–H and O–H groups in total. The highest BCUT2D eigenvalue weighted by Crippen LogP contribution is 2.36. The predicted octanol–water partition coefficient (Wildman–Crippen LogP) is 2.62. The molecule has 1 aromatic carbocycles. The molecule has 126 valence electrons. The van der Waals surface area contributed by atoms with Gasteiger partial charge in [-0.25, -0.2) is 0 Å². The van der Waals surface area contributed by atoms with Gasteiger partial charge in [-0.2, -0.15) is 0 Å². The third-order valence-corrected chi connectivity index (χ3v) is 4.09. The molecule has 1 aliphatic heterocycles. The second-order valence-corrected chi connectivity index (χ2v) is 7.08. The van der Waals surface area contributed by atoms with E-state index in [2.05, 4.69) is 26.1 Å². The van der Waals surface area contributed by atoms with E-state index >= 15 is 0 Å². The van der Waals surface area contributed by atoms with Gasteiger partial charge in [0.2, 0.25) is 5.91 Å². The van der Waals surface area contributed by atoms with Crippen molar-refractivity contribution in [1.29, 1.82) is 0 Å². The van der Waals surface area contributed by atoms with Crippen LogP contribution in [0.1, 0.15) is 46.6 Å². The van der Waals surface area contributed by atoms with Crippen molar-refractivity contribution in [2.24, 2.45) is 0 Å². The molecule has 5 nitrogen and oxygen atoms in total. The number of anilines is 1. The van der Waals surface area contributed by atoms with Crippen LogP contribution >= 0.6 is 0 Å². The number of carbonyl (C=O) groups is 2. The molecule has 0 bridgehead atoms. The quantitative estimate of drug-likeness (QED) is 0.928. The molecule has 1 heterocycles. The van der Waals surface area contributed by atoms with Crippen LogP contribution in [-0.2, 0) is 15.0 Å². The van der Waals surface area contributed by atoms with Crippen LogP contribution in [0.15, 0.2) is 18.2 Å². The molecule has 0 aliphatic carbocycles. The smallest absolute Gasteiger partial charge is 0.265 e. The number of fused-ring (bicyclic) bond motifs is 1. The van der Waals surface area contributed by atoms with Gasteiger partial charge in [-0.05, 0) is 36.5 Å². The molecule has 0 unspecified atom stereocenters. The average Bonchev–Trinajstić information content (AvgIpc) is 2.48. The van der Waals surface area contributed by atoms with Crippen molar-refractivity contribution in [3.8, 4) is 5.75 Å². The van der Waals surface area contributed by atoms with Gasteiger partial charge in [-0.3, -0.25) is 14.5 Å². The lowest BCUT2D eigenvalue weighted by Crippen LogP contribution is -2.46. The van der Waals surface area contributed by atoms with Gasteiger partial charge in [0.15, 0.2) is 6.61 Å². The van der Waals surface area contributed by atoms with Gasteiger partial charge in [0.1, 0.15) is 12.3 Å². The summed E-state index contributed by atoms with van der Waals surface area (Å²) in [5.74, 6) is 0.304. The van der Waals surface area contributed by atoms with Crippen LogP contribution < -0.4 is 15.0 Å². The molecule has 0 saturated heterocycles. The topological polar surface area (TPSA) is 58.6 Å². The molecule has 0 fully saturated rings. The molecule has 2 amide bonds. The predicted molar refractivity (Wildman–Crippen MR) is 90.9 cm³/mol. The summed E-state index contributed by atoms with van der Waals surface area (Å²) < 4.78 is 5.49. The van der Waals surface area contributed by atoms with Gasteiger partial charge < -0.3 is 10.1 Å². The Bertz CT molecular complexity index is 605. The largest absolute Gasteiger partial charge is 0.482 e. The number of ether oxygens (including phenoxy) is 1. The lowest BCUT2D eigenvalue weighted by atomic mass is 9.86. The van der Waals surface area contributed by atoms with Crippen LogP contribution in [0.4, 0.5) is 5.69 Å². The van der Waals surface area contributed by atoms with Gasteiger partial charge in [0, 0.05) is 6.04 Å². The molecule has 1 atom stereocenters. The number of carbonyl (C=O) groups excluding carboxylic acids is 2.